The van der Waals surface area contributed by atoms with Gasteiger partial charge in [0.2, 0.25) is 0 Å². The number of rotatable bonds is 5. The van der Waals surface area contributed by atoms with Crippen molar-refractivity contribution in [3.63, 3.8) is 0 Å². The fraction of sp³-hybridized carbons (Fsp3) is 0.273. The molecule has 1 aromatic heterocycles. The zero-order chi connectivity index (χ0) is 24.6. The predicted molar refractivity (Wildman–Crippen MR) is 119 cm³/mol. The standard InChI is InChI=1S/C22H20ClF3N4O4/c1-33-17-6-3-11(7-18(17)34-2)14-9-19(22(24,25)26)30-20(28-14)13(10-27-30)21(32)29-15-8-12(23)4-5-16(15)31/h3-8,10,14,19,28,31H,9H2,1-2H3,(H,29,32)/t14-,19-/m1/s1. The summed E-state index contributed by atoms with van der Waals surface area (Å²) in [6.07, 6.45) is -3.92. The van der Waals surface area contributed by atoms with Gasteiger partial charge in [-0.15, -0.1) is 0 Å². The summed E-state index contributed by atoms with van der Waals surface area (Å²) < 4.78 is 53.1. The van der Waals surface area contributed by atoms with E-state index in [0.29, 0.717) is 17.1 Å². The van der Waals surface area contributed by atoms with Crippen LogP contribution in [0, 0.1) is 0 Å². The maximum atomic E-state index is 13.9. The number of amides is 1. The highest BCUT2D eigenvalue weighted by atomic mass is 35.5. The molecule has 0 aliphatic carbocycles. The molecule has 3 N–H and O–H groups in total. The molecule has 2 heterocycles. The molecule has 0 spiro atoms. The van der Waals surface area contributed by atoms with Crippen LogP contribution < -0.4 is 20.1 Å². The molecule has 12 heteroatoms. The van der Waals surface area contributed by atoms with E-state index in [-0.39, 0.29) is 34.3 Å². The Bertz CT molecular complexity index is 1230. The summed E-state index contributed by atoms with van der Waals surface area (Å²) in [5, 5.41) is 19.5. The number of methoxy groups -OCH3 is 2. The van der Waals surface area contributed by atoms with Crippen LogP contribution in [0.3, 0.4) is 0 Å². The van der Waals surface area contributed by atoms with Gasteiger partial charge in [0.15, 0.2) is 17.5 Å². The van der Waals surface area contributed by atoms with Crippen molar-refractivity contribution in [2.45, 2.75) is 24.7 Å². The van der Waals surface area contributed by atoms with Gasteiger partial charge in [-0.3, -0.25) is 4.79 Å². The first-order valence-corrected chi connectivity index (χ1v) is 10.4. The number of benzene rings is 2. The zero-order valence-corrected chi connectivity index (χ0v) is 18.7. The van der Waals surface area contributed by atoms with E-state index in [1.807, 2.05) is 0 Å². The number of nitrogens with zero attached hydrogens (tertiary/aromatic N) is 2. The molecule has 0 saturated heterocycles. The van der Waals surface area contributed by atoms with Gasteiger partial charge < -0.3 is 25.2 Å². The van der Waals surface area contributed by atoms with E-state index in [4.69, 9.17) is 21.1 Å². The van der Waals surface area contributed by atoms with Gasteiger partial charge in [-0.05, 0) is 35.9 Å². The molecule has 0 bridgehead atoms. The monoisotopic (exact) mass is 496 g/mol. The lowest BCUT2D eigenvalue weighted by atomic mass is 9.96. The minimum atomic E-state index is -4.61. The maximum Gasteiger partial charge on any atom is 0.410 e. The van der Waals surface area contributed by atoms with E-state index < -0.39 is 24.2 Å². The third kappa shape index (κ3) is 4.43. The largest absolute Gasteiger partial charge is 0.506 e. The average molecular weight is 497 g/mol. The fourth-order valence-electron chi connectivity index (χ4n) is 3.81. The second kappa shape index (κ2) is 8.98. The van der Waals surface area contributed by atoms with E-state index >= 15 is 0 Å². The summed E-state index contributed by atoms with van der Waals surface area (Å²) in [4.78, 5) is 12.9. The highest BCUT2D eigenvalue weighted by Gasteiger charge is 2.47. The molecule has 0 radical (unpaired) electrons. The van der Waals surface area contributed by atoms with Crippen molar-refractivity contribution >= 4 is 29.0 Å². The molecule has 0 unspecified atom stereocenters. The minimum absolute atomic E-state index is 0.0112. The molecule has 3 aromatic rings. The van der Waals surface area contributed by atoms with E-state index in [1.165, 1.54) is 32.4 Å². The van der Waals surface area contributed by atoms with Crippen LogP contribution in [0.4, 0.5) is 24.7 Å². The number of anilines is 2. The summed E-state index contributed by atoms with van der Waals surface area (Å²) in [5.41, 5.74) is 0.397. The molecule has 8 nitrogen and oxygen atoms in total. The number of hydrogen-bond donors (Lipinski definition) is 3. The molecule has 0 fully saturated rings. The Balaban J connectivity index is 1.71. The third-order valence-corrected chi connectivity index (χ3v) is 5.73. The first kappa shape index (κ1) is 23.6. The Morgan fingerprint density at radius 1 is 1.21 bits per heavy atom. The lowest BCUT2D eigenvalue weighted by Crippen LogP contribution is -2.36. The Morgan fingerprint density at radius 3 is 2.62 bits per heavy atom. The number of ether oxygens (including phenoxy) is 2. The maximum absolute atomic E-state index is 13.9. The van der Waals surface area contributed by atoms with Crippen molar-refractivity contribution < 1.29 is 32.5 Å². The van der Waals surface area contributed by atoms with Crippen LogP contribution in [0.15, 0.2) is 42.6 Å². The van der Waals surface area contributed by atoms with Crippen molar-refractivity contribution in [1.29, 1.82) is 0 Å². The van der Waals surface area contributed by atoms with Crippen molar-refractivity contribution in [2.24, 2.45) is 0 Å². The van der Waals surface area contributed by atoms with Gasteiger partial charge in [0, 0.05) is 11.4 Å². The van der Waals surface area contributed by atoms with E-state index in [9.17, 15) is 23.1 Å². The molecule has 180 valence electrons. The number of alkyl halides is 3. The summed E-state index contributed by atoms with van der Waals surface area (Å²) in [6.45, 7) is 0. The van der Waals surface area contributed by atoms with Crippen LogP contribution >= 0.6 is 11.6 Å². The highest BCUT2D eigenvalue weighted by molar-refractivity contribution is 6.31. The lowest BCUT2D eigenvalue weighted by molar-refractivity contribution is -0.173. The number of aromatic nitrogens is 2. The number of fused-ring (bicyclic) bond motifs is 1. The SMILES string of the molecule is COc1ccc([C@H]2C[C@H](C(F)(F)F)n3ncc(C(=O)Nc4cc(Cl)ccc4O)c3N2)cc1OC. The van der Waals surface area contributed by atoms with Crippen LogP contribution in [0.5, 0.6) is 17.2 Å². The smallest absolute Gasteiger partial charge is 0.410 e. The number of hydrogen-bond acceptors (Lipinski definition) is 6. The van der Waals surface area contributed by atoms with Crippen LogP contribution in [0.25, 0.3) is 0 Å². The zero-order valence-electron chi connectivity index (χ0n) is 18.0. The second-order valence-corrected chi connectivity index (χ2v) is 8.01. The molecule has 2 atom stereocenters. The Kier molecular flexibility index (Phi) is 6.22. The summed E-state index contributed by atoms with van der Waals surface area (Å²) in [6, 6.07) is 6.07. The number of nitrogens with one attached hydrogen (secondary N) is 2. The van der Waals surface area contributed by atoms with E-state index in [2.05, 4.69) is 15.7 Å². The molecule has 4 rings (SSSR count). The van der Waals surface area contributed by atoms with Crippen LogP contribution in [-0.2, 0) is 0 Å². The third-order valence-electron chi connectivity index (χ3n) is 5.50. The highest BCUT2D eigenvalue weighted by Crippen LogP contribution is 2.45. The normalized spacial score (nSPS) is 17.5. The number of phenols is 1. The Labute approximate surface area is 197 Å². The molecule has 1 amide bonds. The molecule has 0 saturated carbocycles. The van der Waals surface area contributed by atoms with Gasteiger partial charge in [0.1, 0.15) is 17.1 Å². The van der Waals surface area contributed by atoms with E-state index in [0.717, 1.165) is 10.9 Å². The Morgan fingerprint density at radius 2 is 1.94 bits per heavy atom. The number of phenolic OH excluding ortho intramolecular Hbond substituents is 1. The van der Waals surface area contributed by atoms with Crippen molar-refractivity contribution in [2.75, 3.05) is 24.9 Å². The predicted octanol–water partition coefficient (Wildman–Crippen LogP) is 5.17. The molecule has 1 aliphatic heterocycles. The summed E-state index contributed by atoms with van der Waals surface area (Å²) in [5.74, 6) is -0.324. The first-order chi connectivity index (χ1) is 16.1. The Hall–Kier alpha value is -3.60. The minimum Gasteiger partial charge on any atom is -0.506 e. The number of carbonyl (C=O) groups is 1. The van der Waals surface area contributed by atoms with Gasteiger partial charge >= 0.3 is 6.18 Å². The van der Waals surface area contributed by atoms with Crippen molar-refractivity contribution in [1.82, 2.24) is 9.78 Å². The van der Waals surface area contributed by atoms with Gasteiger partial charge in [-0.25, -0.2) is 4.68 Å². The van der Waals surface area contributed by atoms with Crippen LogP contribution in [-0.4, -0.2) is 41.2 Å². The summed E-state index contributed by atoms with van der Waals surface area (Å²) >= 11 is 5.91. The first-order valence-electron chi connectivity index (χ1n) is 10.0. The quantitative estimate of drug-likeness (QED) is 0.421. The number of halogens is 4. The molecule has 34 heavy (non-hydrogen) atoms. The topological polar surface area (TPSA) is 97.6 Å². The molecular weight excluding hydrogens is 477 g/mol. The number of aromatic hydroxyl groups is 1. The molecule has 2 aromatic carbocycles. The van der Waals surface area contributed by atoms with Crippen molar-refractivity contribution in [3.8, 4) is 17.2 Å². The lowest BCUT2D eigenvalue weighted by Gasteiger charge is -2.34. The van der Waals surface area contributed by atoms with Gasteiger partial charge in [0.05, 0.1) is 32.1 Å². The molecule has 1 aliphatic rings. The van der Waals surface area contributed by atoms with Gasteiger partial charge in [-0.2, -0.15) is 18.3 Å². The van der Waals surface area contributed by atoms with Crippen LogP contribution in [0.2, 0.25) is 5.02 Å². The number of carbonyl (C=O) groups excluding carboxylic acids is 1. The average Bonchev–Trinajstić information content (AvgIpc) is 3.23. The van der Waals surface area contributed by atoms with Gasteiger partial charge in [0.25, 0.3) is 5.91 Å². The second-order valence-electron chi connectivity index (χ2n) is 7.57. The fourth-order valence-corrected chi connectivity index (χ4v) is 3.99. The molecular formula is C22H20ClF3N4O4. The van der Waals surface area contributed by atoms with Gasteiger partial charge in [-0.1, -0.05) is 17.7 Å². The van der Waals surface area contributed by atoms with E-state index in [1.54, 1.807) is 18.2 Å². The summed E-state index contributed by atoms with van der Waals surface area (Å²) in [7, 11) is 2.88. The van der Waals surface area contributed by atoms with Crippen LogP contribution in [0.1, 0.15) is 34.4 Å². The van der Waals surface area contributed by atoms with Crippen molar-refractivity contribution in [3.05, 3.63) is 58.7 Å².